The molecule has 348 valence electrons. The number of carbonyl (C=O) groups excluding carboxylic acids is 3. The first-order valence-electron chi connectivity index (χ1n) is 24.6. The molecule has 0 aromatic rings. The summed E-state index contributed by atoms with van der Waals surface area (Å²) in [5.41, 5.74) is 0. The van der Waals surface area contributed by atoms with Gasteiger partial charge in [-0.3, -0.25) is 14.4 Å². The predicted octanol–water partition coefficient (Wildman–Crippen LogP) is 16.1. The fourth-order valence-corrected chi connectivity index (χ4v) is 6.17. The van der Waals surface area contributed by atoms with E-state index in [1.807, 2.05) is 48.6 Å². The van der Waals surface area contributed by atoms with Gasteiger partial charge in [0.2, 0.25) is 0 Å². The highest BCUT2D eigenvalue weighted by molar-refractivity contribution is 5.71. The number of rotatable bonds is 42. The minimum atomic E-state index is -0.829. The Balaban J connectivity index is 4.55. The molecule has 0 amide bonds. The molecule has 0 saturated heterocycles. The number of unbranched alkanes of at least 4 members (excludes halogenated alkanes) is 15. The zero-order chi connectivity index (χ0) is 45.1. The van der Waals surface area contributed by atoms with Crippen LogP contribution in [0.2, 0.25) is 0 Å². The highest BCUT2D eigenvalue weighted by atomic mass is 16.6. The van der Waals surface area contributed by atoms with Gasteiger partial charge in [-0.05, 0) is 70.6 Å². The molecule has 6 nitrogen and oxygen atoms in total. The molecule has 0 fully saturated rings. The molecule has 0 aromatic carbocycles. The molecular weight excluding hydrogens is 769 g/mol. The lowest BCUT2D eigenvalue weighted by molar-refractivity contribution is -0.166. The Hall–Kier alpha value is -4.19. The first-order chi connectivity index (χ1) is 30.5. The number of ether oxygens (including phenoxy) is 3. The molecular formula is C56H88O6. The Morgan fingerprint density at radius 3 is 1.23 bits per heavy atom. The Morgan fingerprint density at radius 2 is 0.758 bits per heavy atom. The van der Waals surface area contributed by atoms with Crippen LogP contribution in [0.5, 0.6) is 0 Å². The van der Waals surface area contributed by atoms with Crippen molar-refractivity contribution in [2.45, 2.75) is 200 Å². The third-order valence-electron chi connectivity index (χ3n) is 9.82. The quantitative estimate of drug-likeness (QED) is 0.0200. The van der Waals surface area contributed by atoms with Crippen LogP contribution in [0.4, 0.5) is 0 Å². The van der Waals surface area contributed by atoms with Gasteiger partial charge in [0.25, 0.3) is 0 Å². The van der Waals surface area contributed by atoms with Crippen molar-refractivity contribution in [1.29, 1.82) is 0 Å². The van der Waals surface area contributed by atoms with E-state index in [-0.39, 0.29) is 31.6 Å². The second-order valence-corrected chi connectivity index (χ2v) is 15.8. The van der Waals surface area contributed by atoms with Crippen LogP contribution in [0, 0.1) is 0 Å². The fraction of sp³-hybridized carbons (Fsp3) is 0.589. The van der Waals surface area contributed by atoms with Gasteiger partial charge in [-0.15, -0.1) is 0 Å². The number of hydrogen-bond donors (Lipinski definition) is 0. The van der Waals surface area contributed by atoms with Gasteiger partial charge >= 0.3 is 17.9 Å². The summed E-state index contributed by atoms with van der Waals surface area (Å²) in [6.07, 6.45) is 67.6. The van der Waals surface area contributed by atoms with Crippen LogP contribution in [0.15, 0.2) is 122 Å². The molecule has 0 aliphatic carbocycles. The van der Waals surface area contributed by atoms with Crippen LogP contribution >= 0.6 is 0 Å². The molecule has 0 bridgehead atoms. The molecule has 0 aliphatic rings. The van der Waals surface area contributed by atoms with E-state index in [9.17, 15) is 14.4 Å². The molecule has 0 N–H and O–H groups in total. The lowest BCUT2D eigenvalue weighted by atomic mass is 10.1. The standard InChI is InChI=1S/C56H88O6/c1-4-7-10-13-16-19-22-24-26-28-29-31-32-34-37-40-43-46-49-55(58)61-52-53(51-60-54(57)48-45-42-39-36-21-18-15-12-9-6-3)62-56(59)50-47-44-41-38-35-33-30-27-25-23-20-17-14-11-8-5-2/h8,10-11,13,16-17,19-20,22,24-29,31,33,35,41,44,53H,4-7,9,12,14-15,18,21,23,30,32,34,36-40,42-43,45-52H2,1-3H3/b11-8-,13-10-,19-16-,20-17-,24-22-,27-25-,28-26-,31-29-,35-33-,44-41-. The zero-order valence-electron chi connectivity index (χ0n) is 39.6. The van der Waals surface area contributed by atoms with E-state index in [1.165, 1.54) is 51.4 Å². The van der Waals surface area contributed by atoms with Crippen molar-refractivity contribution < 1.29 is 28.6 Å². The Labute approximate surface area is 380 Å². The van der Waals surface area contributed by atoms with Crippen molar-refractivity contribution in [1.82, 2.24) is 0 Å². The number of esters is 3. The summed E-state index contributed by atoms with van der Waals surface area (Å²) in [6, 6.07) is 0. The topological polar surface area (TPSA) is 78.9 Å². The average molecular weight is 857 g/mol. The monoisotopic (exact) mass is 857 g/mol. The lowest BCUT2D eigenvalue weighted by Crippen LogP contribution is -2.30. The third kappa shape index (κ3) is 46.9. The number of carbonyl (C=O) groups is 3. The lowest BCUT2D eigenvalue weighted by Gasteiger charge is -2.18. The maximum atomic E-state index is 12.7. The van der Waals surface area contributed by atoms with Crippen molar-refractivity contribution in [3.8, 4) is 0 Å². The van der Waals surface area contributed by atoms with Gasteiger partial charge in [0, 0.05) is 19.3 Å². The zero-order valence-corrected chi connectivity index (χ0v) is 39.6. The van der Waals surface area contributed by atoms with E-state index in [1.54, 1.807) is 0 Å². The van der Waals surface area contributed by atoms with E-state index < -0.39 is 12.1 Å². The van der Waals surface area contributed by atoms with Gasteiger partial charge in [-0.2, -0.15) is 0 Å². The van der Waals surface area contributed by atoms with Crippen LogP contribution in [0.3, 0.4) is 0 Å². The Bertz CT molecular complexity index is 1350. The van der Waals surface area contributed by atoms with Gasteiger partial charge in [0.15, 0.2) is 6.10 Å². The predicted molar refractivity (Wildman–Crippen MR) is 265 cm³/mol. The summed E-state index contributed by atoms with van der Waals surface area (Å²) in [6.45, 7) is 6.31. The van der Waals surface area contributed by atoms with Crippen LogP contribution in [0.1, 0.15) is 194 Å². The maximum absolute atomic E-state index is 12.7. The molecule has 6 heteroatoms. The molecule has 0 heterocycles. The second-order valence-electron chi connectivity index (χ2n) is 15.8. The first kappa shape index (κ1) is 57.8. The number of allylic oxidation sites excluding steroid dienone is 20. The summed E-state index contributed by atoms with van der Waals surface area (Å²) in [7, 11) is 0. The molecule has 0 saturated carbocycles. The van der Waals surface area contributed by atoms with Gasteiger partial charge in [-0.25, -0.2) is 0 Å². The summed E-state index contributed by atoms with van der Waals surface area (Å²) in [5, 5.41) is 0. The van der Waals surface area contributed by atoms with Gasteiger partial charge < -0.3 is 14.2 Å². The SMILES string of the molecule is CC/C=C\C/C=C\C/C=C\C/C=C\C/C=C\CCC(=O)OC(COC(=O)CCCCCCC\C=C/C=C\C=C/C=C\C=C/CCC)COC(=O)CCCCCCCCCCCC. The molecule has 0 rings (SSSR count). The van der Waals surface area contributed by atoms with E-state index in [4.69, 9.17) is 14.2 Å². The molecule has 1 unspecified atom stereocenters. The molecule has 0 aliphatic heterocycles. The smallest absolute Gasteiger partial charge is 0.306 e. The number of hydrogen-bond acceptors (Lipinski definition) is 6. The fourth-order valence-electron chi connectivity index (χ4n) is 6.17. The minimum Gasteiger partial charge on any atom is -0.462 e. The highest BCUT2D eigenvalue weighted by Gasteiger charge is 2.19. The van der Waals surface area contributed by atoms with Crippen LogP contribution < -0.4 is 0 Å². The van der Waals surface area contributed by atoms with Gasteiger partial charge in [0.05, 0.1) is 0 Å². The van der Waals surface area contributed by atoms with Crippen molar-refractivity contribution >= 4 is 17.9 Å². The van der Waals surface area contributed by atoms with Crippen molar-refractivity contribution in [2.24, 2.45) is 0 Å². The van der Waals surface area contributed by atoms with Crippen molar-refractivity contribution in [3.63, 3.8) is 0 Å². The van der Waals surface area contributed by atoms with Crippen molar-refractivity contribution in [3.05, 3.63) is 122 Å². The van der Waals surface area contributed by atoms with Gasteiger partial charge in [-0.1, -0.05) is 226 Å². The van der Waals surface area contributed by atoms with Gasteiger partial charge in [0.1, 0.15) is 13.2 Å². The van der Waals surface area contributed by atoms with E-state index in [0.717, 1.165) is 96.3 Å². The summed E-state index contributed by atoms with van der Waals surface area (Å²) < 4.78 is 16.7. The summed E-state index contributed by atoms with van der Waals surface area (Å²) in [5.74, 6) is -1.04. The molecule has 0 aromatic heterocycles. The van der Waals surface area contributed by atoms with Crippen LogP contribution in [0.25, 0.3) is 0 Å². The Kier molecular flexibility index (Phi) is 46.1. The Morgan fingerprint density at radius 1 is 0.355 bits per heavy atom. The third-order valence-corrected chi connectivity index (χ3v) is 9.82. The largest absolute Gasteiger partial charge is 0.462 e. The van der Waals surface area contributed by atoms with Crippen molar-refractivity contribution in [2.75, 3.05) is 13.2 Å². The van der Waals surface area contributed by atoms with E-state index in [0.29, 0.717) is 19.3 Å². The van der Waals surface area contributed by atoms with E-state index >= 15 is 0 Å². The molecule has 0 radical (unpaired) electrons. The first-order valence-corrected chi connectivity index (χ1v) is 24.6. The summed E-state index contributed by atoms with van der Waals surface area (Å²) in [4.78, 5) is 37.8. The van der Waals surface area contributed by atoms with Crippen LogP contribution in [-0.2, 0) is 28.6 Å². The molecule has 0 spiro atoms. The molecule has 62 heavy (non-hydrogen) atoms. The average Bonchev–Trinajstić information content (AvgIpc) is 3.27. The summed E-state index contributed by atoms with van der Waals surface area (Å²) >= 11 is 0. The van der Waals surface area contributed by atoms with Crippen LogP contribution in [-0.4, -0.2) is 37.2 Å². The minimum absolute atomic E-state index is 0.118. The molecule has 1 atom stereocenters. The normalized spacial score (nSPS) is 13.1. The maximum Gasteiger partial charge on any atom is 0.306 e. The second kappa shape index (κ2) is 49.5. The highest BCUT2D eigenvalue weighted by Crippen LogP contribution is 2.13. The van der Waals surface area contributed by atoms with E-state index in [2.05, 4.69) is 93.7 Å².